The number of rotatable bonds is 16. The van der Waals surface area contributed by atoms with Gasteiger partial charge in [-0.2, -0.15) is 11.8 Å². The Morgan fingerprint density at radius 2 is 1.27 bits per heavy atom. The second-order valence-corrected chi connectivity index (χ2v) is 12.7. The van der Waals surface area contributed by atoms with Gasteiger partial charge < -0.3 is 36.8 Å². The smallest absolute Gasteiger partial charge is 0.326 e. The van der Waals surface area contributed by atoms with E-state index in [1.165, 1.54) is 11.8 Å². The van der Waals surface area contributed by atoms with E-state index in [0.29, 0.717) is 12.2 Å². The number of fused-ring (bicyclic) bond motifs is 2. The van der Waals surface area contributed by atoms with E-state index in [0.717, 1.165) is 32.9 Å². The fourth-order valence-corrected chi connectivity index (χ4v) is 5.86. The van der Waals surface area contributed by atoms with Gasteiger partial charge in [0.1, 0.15) is 18.1 Å². The van der Waals surface area contributed by atoms with Crippen LogP contribution in [0.4, 0.5) is 0 Å². The minimum atomic E-state index is -1.22. The van der Waals surface area contributed by atoms with Crippen molar-refractivity contribution in [1.82, 2.24) is 25.9 Å². The van der Waals surface area contributed by atoms with Gasteiger partial charge in [-0.3, -0.25) is 14.4 Å². The van der Waals surface area contributed by atoms with Gasteiger partial charge in [0.15, 0.2) is 0 Å². The highest BCUT2D eigenvalue weighted by Gasteiger charge is 2.31. The molecule has 4 unspecified atom stereocenters. The number of amides is 3. The van der Waals surface area contributed by atoms with Gasteiger partial charge in [0.05, 0.1) is 6.04 Å². The average Bonchev–Trinajstić information content (AvgIpc) is 3.62. The molecule has 240 valence electrons. The second-order valence-electron chi connectivity index (χ2n) is 11.7. The maximum atomic E-state index is 13.8. The van der Waals surface area contributed by atoms with E-state index < -0.39 is 47.9 Å². The number of carbonyl (C=O) groups is 4. The molecule has 0 saturated heterocycles. The highest BCUT2D eigenvalue weighted by Crippen LogP contribution is 2.21. The number of carboxylic acids is 1. The van der Waals surface area contributed by atoms with Crippen LogP contribution in [0.3, 0.4) is 0 Å². The van der Waals surface area contributed by atoms with Crippen molar-refractivity contribution >= 4 is 57.3 Å². The molecule has 12 heteroatoms. The van der Waals surface area contributed by atoms with E-state index in [1.807, 2.05) is 68.6 Å². The van der Waals surface area contributed by atoms with Crippen molar-refractivity contribution in [1.29, 1.82) is 0 Å². The van der Waals surface area contributed by atoms with Crippen LogP contribution in [-0.2, 0) is 32.0 Å². The van der Waals surface area contributed by atoms with Crippen LogP contribution in [0.1, 0.15) is 37.8 Å². The number of nitrogens with two attached hydrogens (primary N) is 1. The van der Waals surface area contributed by atoms with E-state index in [-0.39, 0.29) is 25.2 Å². The van der Waals surface area contributed by atoms with Crippen molar-refractivity contribution in [3.8, 4) is 0 Å². The number of hydrogen-bond donors (Lipinski definition) is 7. The number of hydrogen-bond acceptors (Lipinski definition) is 6. The number of H-pyrrole nitrogens is 2. The first-order valence-corrected chi connectivity index (χ1v) is 16.4. The molecule has 0 spiro atoms. The summed E-state index contributed by atoms with van der Waals surface area (Å²) in [5, 5.41) is 20.0. The van der Waals surface area contributed by atoms with Crippen molar-refractivity contribution in [2.24, 2.45) is 11.7 Å². The summed E-state index contributed by atoms with van der Waals surface area (Å²) in [4.78, 5) is 59.0. The first-order chi connectivity index (χ1) is 21.6. The minimum absolute atomic E-state index is 0.0568. The molecule has 4 rings (SSSR count). The molecule has 2 aromatic heterocycles. The summed E-state index contributed by atoms with van der Waals surface area (Å²) >= 11 is 1.50. The monoisotopic (exact) mass is 634 g/mol. The molecule has 8 N–H and O–H groups in total. The van der Waals surface area contributed by atoms with Crippen LogP contribution in [-0.4, -0.2) is 74.9 Å². The zero-order valence-corrected chi connectivity index (χ0v) is 26.6. The summed E-state index contributed by atoms with van der Waals surface area (Å²) in [5.41, 5.74) is 9.47. The van der Waals surface area contributed by atoms with Crippen LogP contribution in [0.25, 0.3) is 21.8 Å². The van der Waals surface area contributed by atoms with E-state index in [1.54, 1.807) is 12.4 Å². The summed E-state index contributed by atoms with van der Waals surface area (Å²) in [6.45, 7) is 3.92. The lowest BCUT2D eigenvalue weighted by Crippen LogP contribution is -2.58. The lowest BCUT2D eigenvalue weighted by Gasteiger charge is -2.25. The third-order valence-electron chi connectivity index (χ3n) is 7.75. The summed E-state index contributed by atoms with van der Waals surface area (Å²) in [5.74, 6) is -2.10. The van der Waals surface area contributed by atoms with Crippen LogP contribution in [0.5, 0.6) is 0 Å². The number of aliphatic carboxylic acids is 1. The second kappa shape index (κ2) is 15.6. The normalized spacial score (nSPS) is 14.2. The van der Waals surface area contributed by atoms with Gasteiger partial charge in [-0.1, -0.05) is 50.2 Å². The van der Waals surface area contributed by atoms with E-state index >= 15 is 0 Å². The van der Waals surface area contributed by atoms with Crippen molar-refractivity contribution in [2.75, 3.05) is 12.0 Å². The summed E-state index contributed by atoms with van der Waals surface area (Å²) < 4.78 is 0. The third kappa shape index (κ3) is 8.89. The van der Waals surface area contributed by atoms with Gasteiger partial charge in [0.2, 0.25) is 17.7 Å². The molecular formula is C33H42N6O5S. The molecule has 3 amide bonds. The molecule has 0 saturated carbocycles. The fourth-order valence-electron chi connectivity index (χ4n) is 5.39. The maximum absolute atomic E-state index is 13.8. The molecule has 4 atom stereocenters. The Hall–Kier alpha value is -4.29. The fraction of sp³-hybridized carbons (Fsp3) is 0.394. The number of thioether (sulfide) groups is 1. The molecule has 0 aliphatic carbocycles. The van der Waals surface area contributed by atoms with Crippen LogP contribution in [0, 0.1) is 5.92 Å². The third-order valence-corrected chi connectivity index (χ3v) is 8.40. The summed E-state index contributed by atoms with van der Waals surface area (Å²) in [7, 11) is 0. The van der Waals surface area contributed by atoms with E-state index in [9.17, 15) is 24.3 Å². The van der Waals surface area contributed by atoms with Gasteiger partial charge in [-0.05, 0) is 54.0 Å². The molecule has 0 aliphatic rings. The van der Waals surface area contributed by atoms with E-state index in [4.69, 9.17) is 5.73 Å². The molecule has 4 aromatic rings. The Bertz CT molecular complexity index is 1630. The number of carboxylic acid groups (broad SMARTS) is 1. The van der Waals surface area contributed by atoms with Crippen LogP contribution in [0.15, 0.2) is 60.9 Å². The van der Waals surface area contributed by atoms with Gasteiger partial charge >= 0.3 is 5.97 Å². The number of carbonyl (C=O) groups excluding carboxylic acids is 3. The molecule has 0 fully saturated rings. The first-order valence-electron chi connectivity index (χ1n) is 15.1. The van der Waals surface area contributed by atoms with Gasteiger partial charge in [0, 0.05) is 47.0 Å². The Balaban J connectivity index is 1.53. The van der Waals surface area contributed by atoms with Crippen molar-refractivity contribution in [3.05, 3.63) is 72.1 Å². The number of aromatic nitrogens is 2. The topological polar surface area (TPSA) is 182 Å². The molecule has 2 aromatic carbocycles. The van der Waals surface area contributed by atoms with Gasteiger partial charge in [-0.25, -0.2) is 4.79 Å². The molecule has 11 nitrogen and oxygen atoms in total. The lowest BCUT2D eigenvalue weighted by molar-refractivity contribution is -0.142. The SMILES string of the molecule is CSCCC(NC(=O)C(Cc1c[nH]c2ccccc12)NC(=O)C(N)CC(C)C)C(=O)NC(Cc1c[nH]c2ccccc12)C(=O)O. The van der Waals surface area contributed by atoms with Gasteiger partial charge in [-0.15, -0.1) is 0 Å². The molecule has 0 radical (unpaired) electrons. The molecule has 45 heavy (non-hydrogen) atoms. The number of para-hydroxylation sites is 2. The highest BCUT2D eigenvalue weighted by atomic mass is 32.2. The zero-order valence-electron chi connectivity index (χ0n) is 25.8. The van der Waals surface area contributed by atoms with E-state index in [2.05, 4.69) is 25.9 Å². The lowest BCUT2D eigenvalue weighted by atomic mass is 10.0. The highest BCUT2D eigenvalue weighted by molar-refractivity contribution is 7.98. The number of aromatic amines is 2. The van der Waals surface area contributed by atoms with Gasteiger partial charge in [0.25, 0.3) is 0 Å². The molecule has 0 bridgehead atoms. The Morgan fingerprint density at radius 1 is 0.778 bits per heavy atom. The standard InChI is InChI=1S/C33H42N6O5S/c1-19(2)14-24(34)30(40)38-28(15-20-17-35-25-10-6-4-8-22(20)25)32(42)37-27(12-13-45-3)31(41)39-29(33(43)44)16-21-18-36-26-11-7-5-9-23(21)26/h4-11,17-19,24,27-29,35-36H,12-16,34H2,1-3H3,(H,37,42)(H,38,40)(H,39,41)(H,43,44). The summed E-state index contributed by atoms with van der Waals surface area (Å²) in [6.07, 6.45) is 6.33. The predicted molar refractivity (Wildman–Crippen MR) is 178 cm³/mol. The Labute approximate surface area is 266 Å². The van der Waals surface area contributed by atoms with Crippen molar-refractivity contribution in [2.45, 2.75) is 63.7 Å². The summed E-state index contributed by atoms with van der Waals surface area (Å²) in [6, 6.07) is 11.1. The zero-order chi connectivity index (χ0) is 32.5. The molecule has 0 aliphatic heterocycles. The quantitative estimate of drug-likeness (QED) is 0.0988. The van der Waals surface area contributed by atoms with Crippen LogP contribution >= 0.6 is 11.8 Å². The number of nitrogens with one attached hydrogen (secondary N) is 5. The van der Waals surface area contributed by atoms with Crippen molar-refractivity contribution < 1.29 is 24.3 Å². The Kier molecular flexibility index (Phi) is 11.7. The van der Waals surface area contributed by atoms with Crippen LogP contribution < -0.4 is 21.7 Å². The maximum Gasteiger partial charge on any atom is 0.326 e. The number of benzene rings is 2. The molecule has 2 heterocycles. The average molecular weight is 635 g/mol. The van der Waals surface area contributed by atoms with Crippen molar-refractivity contribution in [3.63, 3.8) is 0 Å². The Morgan fingerprint density at radius 3 is 1.80 bits per heavy atom. The van der Waals surface area contributed by atoms with Crippen LogP contribution in [0.2, 0.25) is 0 Å². The minimum Gasteiger partial charge on any atom is -0.480 e. The predicted octanol–water partition coefficient (Wildman–Crippen LogP) is 3.10. The molecular weight excluding hydrogens is 592 g/mol. The largest absolute Gasteiger partial charge is 0.480 e. The first kappa shape index (κ1) is 33.6.